The highest BCUT2D eigenvalue weighted by Crippen LogP contribution is 2.29. The van der Waals surface area contributed by atoms with Crippen LogP contribution in [0.1, 0.15) is 15.4 Å². The van der Waals surface area contributed by atoms with Gasteiger partial charge in [0.05, 0.1) is 4.90 Å². The summed E-state index contributed by atoms with van der Waals surface area (Å²) in [5.41, 5.74) is 6.54. The molecule has 10 heteroatoms. The number of amides is 2. The molecule has 1 heterocycles. The summed E-state index contributed by atoms with van der Waals surface area (Å²) >= 11 is 1.03. The standard InChI is InChI=1S/C20H19N3O5S2/c1-23(2)19(24)15-8-14(13-6-4-3-5-7-13)9-16(10-15)30(26,27)18-12-29-17(22-18)11-28-20(21)25/h3-10,12H,11H2,1-2H3,(H2,21,25). The average Bonchev–Trinajstić information content (AvgIpc) is 3.22. The normalized spacial score (nSPS) is 11.1. The third kappa shape index (κ3) is 4.66. The van der Waals surface area contributed by atoms with E-state index in [0.717, 1.165) is 16.9 Å². The van der Waals surface area contributed by atoms with Gasteiger partial charge >= 0.3 is 6.09 Å². The summed E-state index contributed by atoms with van der Waals surface area (Å²) in [7, 11) is -0.823. The number of nitrogens with zero attached hydrogens (tertiary/aromatic N) is 2. The summed E-state index contributed by atoms with van der Waals surface area (Å²) in [6.45, 7) is -0.218. The lowest BCUT2D eigenvalue weighted by atomic mass is 10.0. The quantitative estimate of drug-likeness (QED) is 0.623. The van der Waals surface area contributed by atoms with Crippen LogP contribution in [0.15, 0.2) is 63.8 Å². The third-order valence-electron chi connectivity index (χ3n) is 4.12. The summed E-state index contributed by atoms with van der Waals surface area (Å²) in [6.07, 6.45) is -0.975. The lowest BCUT2D eigenvalue weighted by Crippen LogP contribution is -2.22. The Bertz CT molecular complexity index is 1190. The van der Waals surface area contributed by atoms with Crippen LogP contribution in [-0.2, 0) is 21.2 Å². The zero-order chi connectivity index (χ0) is 21.9. The number of primary amides is 1. The predicted molar refractivity (Wildman–Crippen MR) is 112 cm³/mol. The molecule has 8 nitrogen and oxygen atoms in total. The maximum absolute atomic E-state index is 13.2. The van der Waals surface area contributed by atoms with Gasteiger partial charge in [0, 0.05) is 25.0 Å². The number of sulfone groups is 1. The molecule has 2 aromatic carbocycles. The smallest absolute Gasteiger partial charge is 0.404 e. The Morgan fingerprint density at radius 2 is 1.80 bits per heavy atom. The van der Waals surface area contributed by atoms with Gasteiger partial charge < -0.3 is 15.4 Å². The van der Waals surface area contributed by atoms with E-state index in [0.29, 0.717) is 5.56 Å². The highest BCUT2D eigenvalue weighted by atomic mass is 32.2. The van der Waals surface area contributed by atoms with E-state index in [9.17, 15) is 18.0 Å². The molecule has 1 aromatic heterocycles. The first kappa shape index (κ1) is 21.5. The predicted octanol–water partition coefficient (Wildman–Crippen LogP) is 2.94. The fourth-order valence-electron chi connectivity index (χ4n) is 2.67. The van der Waals surface area contributed by atoms with Crippen molar-refractivity contribution in [2.24, 2.45) is 5.73 Å². The number of hydrogen-bond donors (Lipinski definition) is 1. The number of rotatable bonds is 6. The Balaban J connectivity index is 2.08. The minimum absolute atomic E-state index is 0.0540. The number of hydrogen-bond acceptors (Lipinski definition) is 7. The minimum Gasteiger partial charge on any atom is -0.442 e. The first-order valence-corrected chi connectivity index (χ1v) is 11.1. The number of benzene rings is 2. The molecule has 0 fully saturated rings. The first-order valence-electron chi connectivity index (χ1n) is 8.72. The molecular weight excluding hydrogens is 426 g/mol. The maximum atomic E-state index is 13.2. The van der Waals surface area contributed by atoms with Crippen molar-refractivity contribution in [1.29, 1.82) is 0 Å². The van der Waals surface area contributed by atoms with Crippen molar-refractivity contribution in [2.45, 2.75) is 16.5 Å². The number of ether oxygens (including phenoxy) is 1. The number of nitrogens with two attached hydrogens (primary N) is 1. The molecule has 2 amide bonds. The average molecular weight is 446 g/mol. The van der Waals surface area contributed by atoms with Crippen molar-refractivity contribution in [3.05, 3.63) is 64.5 Å². The Hall–Kier alpha value is -3.24. The molecule has 0 atom stereocenters. The maximum Gasteiger partial charge on any atom is 0.404 e. The van der Waals surface area contributed by atoms with E-state index in [1.165, 1.54) is 22.4 Å². The molecule has 3 rings (SSSR count). The van der Waals surface area contributed by atoms with Crippen LogP contribution in [0.4, 0.5) is 4.79 Å². The first-order chi connectivity index (χ1) is 14.2. The highest BCUT2D eigenvalue weighted by molar-refractivity contribution is 7.91. The Morgan fingerprint density at radius 3 is 2.43 bits per heavy atom. The van der Waals surface area contributed by atoms with Crippen molar-refractivity contribution >= 4 is 33.2 Å². The van der Waals surface area contributed by atoms with Crippen LogP contribution in [0, 0.1) is 0 Å². The zero-order valence-corrected chi connectivity index (χ0v) is 17.9. The number of aromatic nitrogens is 1. The van der Waals surface area contributed by atoms with E-state index in [1.807, 2.05) is 30.3 Å². The molecule has 0 unspecified atom stereocenters. The molecule has 2 N–H and O–H groups in total. The monoisotopic (exact) mass is 445 g/mol. The van der Waals surface area contributed by atoms with Gasteiger partial charge in [-0.1, -0.05) is 30.3 Å². The molecule has 0 radical (unpaired) electrons. The number of carbonyl (C=O) groups is 2. The second kappa shape index (κ2) is 8.64. The Kier molecular flexibility index (Phi) is 6.18. The van der Waals surface area contributed by atoms with Gasteiger partial charge in [-0.15, -0.1) is 11.3 Å². The Labute approximate surface area is 177 Å². The van der Waals surface area contributed by atoms with Gasteiger partial charge in [-0.3, -0.25) is 4.79 Å². The summed E-state index contributed by atoms with van der Waals surface area (Å²) in [5.74, 6) is -0.321. The number of thiazole rings is 1. The topological polar surface area (TPSA) is 120 Å². The summed E-state index contributed by atoms with van der Waals surface area (Å²) in [5, 5.41) is 1.46. The second-order valence-electron chi connectivity index (χ2n) is 6.50. The van der Waals surface area contributed by atoms with Gasteiger partial charge in [0.15, 0.2) is 5.03 Å². The summed E-state index contributed by atoms with van der Waals surface area (Å²) < 4.78 is 31.1. The molecule has 0 spiro atoms. The zero-order valence-electron chi connectivity index (χ0n) is 16.2. The van der Waals surface area contributed by atoms with Crippen molar-refractivity contribution in [1.82, 2.24) is 9.88 Å². The van der Waals surface area contributed by atoms with Crippen molar-refractivity contribution in [2.75, 3.05) is 14.1 Å². The highest BCUT2D eigenvalue weighted by Gasteiger charge is 2.24. The number of carbonyl (C=O) groups excluding carboxylic acids is 2. The molecule has 30 heavy (non-hydrogen) atoms. The second-order valence-corrected chi connectivity index (χ2v) is 9.34. The summed E-state index contributed by atoms with van der Waals surface area (Å²) in [4.78, 5) is 28.7. The van der Waals surface area contributed by atoms with Gasteiger partial charge in [-0.25, -0.2) is 18.2 Å². The molecule has 0 saturated heterocycles. The SMILES string of the molecule is CN(C)C(=O)c1cc(-c2ccccc2)cc(S(=O)(=O)c2csc(COC(N)=O)n2)c1. The van der Waals surface area contributed by atoms with E-state index in [1.54, 1.807) is 20.2 Å². The van der Waals surface area contributed by atoms with E-state index in [4.69, 9.17) is 5.73 Å². The third-order valence-corrected chi connectivity index (χ3v) is 6.71. The molecule has 0 aliphatic heterocycles. The van der Waals surface area contributed by atoms with E-state index >= 15 is 0 Å². The fraction of sp³-hybridized carbons (Fsp3) is 0.150. The molecule has 0 aliphatic rings. The molecule has 156 valence electrons. The van der Waals surface area contributed by atoms with Gasteiger partial charge in [-0.2, -0.15) is 0 Å². The molecule has 0 bridgehead atoms. The van der Waals surface area contributed by atoms with E-state index < -0.39 is 15.9 Å². The summed E-state index contributed by atoms with van der Waals surface area (Å²) in [6, 6.07) is 13.7. The lowest BCUT2D eigenvalue weighted by Gasteiger charge is -2.13. The van der Waals surface area contributed by atoms with Gasteiger partial charge in [0.25, 0.3) is 5.91 Å². The van der Waals surface area contributed by atoms with E-state index in [2.05, 4.69) is 9.72 Å². The largest absolute Gasteiger partial charge is 0.442 e. The minimum atomic E-state index is -4.01. The molecular formula is C20H19N3O5S2. The van der Waals surface area contributed by atoms with Crippen LogP contribution in [0.2, 0.25) is 0 Å². The van der Waals surface area contributed by atoms with Crippen LogP contribution in [0.3, 0.4) is 0 Å². The van der Waals surface area contributed by atoms with Crippen molar-refractivity contribution < 1.29 is 22.7 Å². The fourth-order valence-corrected chi connectivity index (χ4v) is 4.98. The molecule has 0 aliphatic carbocycles. The van der Waals surface area contributed by atoms with Crippen LogP contribution in [-0.4, -0.2) is 44.4 Å². The van der Waals surface area contributed by atoms with Crippen LogP contribution in [0.25, 0.3) is 11.1 Å². The van der Waals surface area contributed by atoms with Gasteiger partial charge in [0.2, 0.25) is 9.84 Å². The van der Waals surface area contributed by atoms with Crippen LogP contribution in [0.5, 0.6) is 0 Å². The Morgan fingerprint density at radius 1 is 1.10 bits per heavy atom. The van der Waals surface area contributed by atoms with Gasteiger partial charge in [0.1, 0.15) is 11.6 Å². The molecule has 3 aromatic rings. The molecule has 0 saturated carbocycles. The van der Waals surface area contributed by atoms with Crippen molar-refractivity contribution in [3.63, 3.8) is 0 Å². The van der Waals surface area contributed by atoms with Gasteiger partial charge in [-0.05, 0) is 29.3 Å². The van der Waals surface area contributed by atoms with E-state index in [-0.39, 0.29) is 33.0 Å². The lowest BCUT2D eigenvalue weighted by molar-refractivity contribution is 0.0827. The van der Waals surface area contributed by atoms with Crippen molar-refractivity contribution in [3.8, 4) is 11.1 Å². The van der Waals surface area contributed by atoms with Crippen LogP contribution >= 0.6 is 11.3 Å². The van der Waals surface area contributed by atoms with Crippen LogP contribution < -0.4 is 5.73 Å².